The van der Waals surface area contributed by atoms with Gasteiger partial charge in [0.2, 0.25) is 4.96 Å². The fourth-order valence-corrected chi connectivity index (χ4v) is 2.81. The summed E-state index contributed by atoms with van der Waals surface area (Å²) in [5.74, 6) is 0.850. The van der Waals surface area contributed by atoms with Gasteiger partial charge in [-0.05, 0) is 37.6 Å². The highest BCUT2D eigenvalue weighted by molar-refractivity contribution is 7.15. The smallest absolute Gasteiger partial charge is 0.250 e. The maximum atomic E-state index is 11.9. The summed E-state index contributed by atoms with van der Waals surface area (Å²) in [6, 6.07) is 7.52. The zero-order valence-electron chi connectivity index (χ0n) is 12.8. The molecule has 0 saturated carbocycles. The van der Waals surface area contributed by atoms with E-state index in [1.807, 2.05) is 43.5 Å². The van der Waals surface area contributed by atoms with Gasteiger partial charge in [-0.1, -0.05) is 12.1 Å². The number of carbonyl (C=O) groups excluding carboxylic acids is 1. The molecule has 0 spiro atoms. The van der Waals surface area contributed by atoms with E-state index in [2.05, 4.69) is 15.4 Å². The molecule has 0 bridgehead atoms. The van der Waals surface area contributed by atoms with E-state index in [-0.39, 0.29) is 5.91 Å². The van der Waals surface area contributed by atoms with Gasteiger partial charge in [0, 0.05) is 11.5 Å². The highest BCUT2D eigenvalue weighted by atomic mass is 32.1. The van der Waals surface area contributed by atoms with E-state index in [9.17, 15) is 4.79 Å². The number of aromatic nitrogens is 3. The molecule has 0 saturated heterocycles. The molecule has 1 amide bonds. The number of rotatable bonds is 5. The second kappa shape index (κ2) is 6.62. The van der Waals surface area contributed by atoms with Gasteiger partial charge in [0.05, 0.1) is 12.3 Å². The number of thiazole rings is 1. The fourth-order valence-electron chi connectivity index (χ4n) is 2.01. The van der Waals surface area contributed by atoms with Gasteiger partial charge in [-0.25, -0.2) is 4.52 Å². The number of benzene rings is 1. The van der Waals surface area contributed by atoms with Crippen molar-refractivity contribution in [1.82, 2.24) is 14.6 Å². The van der Waals surface area contributed by atoms with E-state index < -0.39 is 0 Å². The number of anilines is 1. The van der Waals surface area contributed by atoms with Crippen LogP contribution in [0.2, 0.25) is 0 Å². The lowest BCUT2D eigenvalue weighted by molar-refractivity contribution is -0.111. The van der Waals surface area contributed by atoms with Crippen LogP contribution in [-0.4, -0.2) is 27.1 Å². The summed E-state index contributed by atoms with van der Waals surface area (Å²) in [5.41, 5.74) is 1.90. The SMILES string of the molecule is CCOc1ccc(/C=C/C(=O)Nc2nc3scc(C)n3n2)cc1. The van der Waals surface area contributed by atoms with Gasteiger partial charge in [0.15, 0.2) is 0 Å². The van der Waals surface area contributed by atoms with Crippen LogP contribution >= 0.6 is 11.3 Å². The monoisotopic (exact) mass is 328 g/mol. The Morgan fingerprint density at radius 2 is 2.17 bits per heavy atom. The van der Waals surface area contributed by atoms with Crippen LogP contribution in [0, 0.1) is 6.92 Å². The molecular formula is C16H16N4O2S. The van der Waals surface area contributed by atoms with E-state index in [1.165, 1.54) is 17.4 Å². The molecule has 0 aliphatic heterocycles. The zero-order chi connectivity index (χ0) is 16.2. The van der Waals surface area contributed by atoms with Crippen LogP contribution in [0.25, 0.3) is 11.0 Å². The molecule has 0 fully saturated rings. The molecule has 2 aromatic heterocycles. The molecule has 1 N–H and O–H groups in total. The first kappa shape index (κ1) is 15.2. The van der Waals surface area contributed by atoms with Crippen LogP contribution in [-0.2, 0) is 4.79 Å². The normalized spacial score (nSPS) is 11.2. The first-order valence-corrected chi connectivity index (χ1v) is 8.06. The van der Waals surface area contributed by atoms with Crippen molar-refractivity contribution in [2.24, 2.45) is 0 Å². The highest BCUT2D eigenvalue weighted by Crippen LogP contribution is 2.15. The molecule has 2 heterocycles. The zero-order valence-corrected chi connectivity index (χ0v) is 13.6. The molecule has 0 aliphatic carbocycles. The van der Waals surface area contributed by atoms with Crippen LogP contribution in [0.3, 0.4) is 0 Å². The van der Waals surface area contributed by atoms with Gasteiger partial charge < -0.3 is 4.74 Å². The standard InChI is InChI=1S/C16H16N4O2S/c1-3-22-13-7-4-12(5-8-13)6-9-14(21)17-15-18-16-20(19-15)11(2)10-23-16/h4-10H,3H2,1-2H3,(H,17,19,21)/b9-6+. The lowest BCUT2D eigenvalue weighted by atomic mass is 10.2. The Labute approximate surface area is 137 Å². The summed E-state index contributed by atoms with van der Waals surface area (Å²) >= 11 is 1.49. The lowest BCUT2D eigenvalue weighted by Gasteiger charge is -2.02. The van der Waals surface area contributed by atoms with E-state index in [4.69, 9.17) is 4.74 Å². The van der Waals surface area contributed by atoms with Crippen molar-refractivity contribution in [3.05, 3.63) is 47.0 Å². The Morgan fingerprint density at radius 1 is 1.39 bits per heavy atom. The number of hydrogen-bond donors (Lipinski definition) is 1. The molecule has 118 valence electrons. The average molecular weight is 328 g/mol. The summed E-state index contributed by atoms with van der Waals surface area (Å²) in [7, 11) is 0. The molecule has 0 unspecified atom stereocenters. The van der Waals surface area contributed by atoms with Crippen LogP contribution in [0.1, 0.15) is 18.2 Å². The number of fused-ring (bicyclic) bond motifs is 1. The first-order valence-electron chi connectivity index (χ1n) is 7.18. The number of ether oxygens (including phenoxy) is 1. The van der Waals surface area contributed by atoms with Gasteiger partial charge in [0.1, 0.15) is 5.75 Å². The third-order valence-corrected chi connectivity index (χ3v) is 4.03. The summed E-state index contributed by atoms with van der Waals surface area (Å²) < 4.78 is 7.08. The Balaban J connectivity index is 1.63. The highest BCUT2D eigenvalue weighted by Gasteiger charge is 2.08. The quantitative estimate of drug-likeness (QED) is 0.731. The molecule has 23 heavy (non-hydrogen) atoms. The van der Waals surface area contributed by atoms with Crippen molar-refractivity contribution in [1.29, 1.82) is 0 Å². The number of carbonyl (C=O) groups is 1. The van der Waals surface area contributed by atoms with Crippen LogP contribution < -0.4 is 10.1 Å². The number of nitrogens with one attached hydrogen (secondary N) is 1. The van der Waals surface area contributed by atoms with Crippen molar-refractivity contribution in [3.63, 3.8) is 0 Å². The fraction of sp³-hybridized carbons (Fsp3) is 0.188. The number of aryl methyl sites for hydroxylation is 1. The molecule has 6 nitrogen and oxygen atoms in total. The third-order valence-electron chi connectivity index (χ3n) is 3.10. The van der Waals surface area contributed by atoms with E-state index >= 15 is 0 Å². The van der Waals surface area contributed by atoms with Gasteiger partial charge >= 0.3 is 0 Å². The van der Waals surface area contributed by atoms with Gasteiger partial charge in [-0.2, -0.15) is 4.98 Å². The summed E-state index contributed by atoms with van der Waals surface area (Å²) in [4.78, 5) is 16.9. The maximum Gasteiger partial charge on any atom is 0.250 e. The van der Waals surface area contributed by atoms with Crippen molar-refractivity contribution in [2.75, 3.05) is 11.9 Å². The first-order chi connectivity index (χ1) is 11.2. The minimum Gasteiger partial charge on any atom is -0.494 e. The molecule has 3 rings (SSSR count). The Kier molecular flexibility index (Phi) is 4.38. The molecule has 7 heteroatoms. The minimum atomic E-state index is -0.269. The van der Waals surface area contributed by atoms with Gasteiger partial charge in [-0.3, -0.25) is 10.1 Å². The predicted molar refractivity (Wildman–Crippen MR) is 90.9 cm³/mol. The maximum absolute atomic E-state index is 11.9. The van der Waals surface area contributed by atoms with Crippen LogP contribution in [0.15, 0.2) is 35.7 Å². The minimum absolute atomic E-state index is 0.269. The van der Waals surface area contributed by atoms with E-state index in [0.717, 1.165) is 22.0 Å². The van der Waals surface area contributed by atoms with E-state index in [0.29, 0.717) is 12.6 Å². The number of hydrogen-bond acceptors (Lipinski definition) is 5. The molecule has 0 radical (unpaired) electrons. The summed E-state index contributed by atoms with van der Waals surface area (Å²) in [6.45, 7) is 4.51. The van der Waals surface area contributed by atoms with Crippen LogP contribution in [0.5, 0.6) is 5.75 Å². The largest absolute Gasteiger partial charge is 0.494 e. The number of amides is 1. The second-order valence-corrected chi connectivity index (χ2v) is 5.67. The van der Waals surface area contributed by atoms with Crippen molar-refractivity contribution in [2.45, 2.75) is 13.8 Å². The predicted octanol–water partition coefficient (Wildman–Crippen LogP) is 3.15. The number of nitrogens with zero attached hydrogens (tertiary/aromatic N) is 3. The Morgan fingerprint density at radius 3 is 2.87 bits per heavy atom. The van der Waals surface area contributed by atoms with Gasteiger partial charge in [0.25, 0.3) is 11.9 Å². The van der Waals surface area contributed by atoms with Crippen molar-refractivity contribution >= 4 is 34.2 Å². The topological polar surface area (TPSA) is 68.5 Å². The van der Waals surface area contributed by atoms with Gasteiger partial charge in [-0.15, -0.1) is 16.4 Å². The van der Waals surface area contributed by atoms with Crippen molar-refractivity contribution in [3.8, 4) is 5.75 Å². The summed E-state index contributed by atoms with van der Waals surface area (Å²) in [6.07, 6.45) is 3.19. The third kappa shape index (κ3) is 3.57. The molecule has 3 aromatic rings. The molecule has 0 atom stereocenters. The van der Waals surface area contributed by atoms with Crippen molar-refractivity contribution < 1.29 is 9.53 Å². The van der Waals surface area contributed by atoms with E-state index in [1.54, 1.807) is 10.6 Å². The molecular weight excluding hydrogens is 312 g/mol. The average Bonchev–Trinajstić information content (AvgIpc) is 3.09. The summed E-state index contributed by atoms with van der Waals surface area (Å²) in [5, 5.41) is 8.86. The Hall–Kier alpha value is -2.67. The lowest BCUT2D eigenvalue weighted by Crippen LogP contribution is -2.09. The molecule has 0 aliphatic rings. The Bertz CT molecular complexity index is 849. The second-order valence-electron chi connectivity index (χ2n) is 4.83. The van der Waals surface area contributed by atoms with Crippen LogP contribution in [0.4, 0.5) is 5.95 Å². The molecule has 1 aromatic carbocycles.